The van der Waals surface area contributed by atoms with Crippen LogP contribution in [0.5, 0.6) is 5.75 Å². The Bertz CT molecular complexity index is 1130. The second-order valence-corrected chi connectivity index (χ2v) is 6.92. The molecule has 1 aromatic heterocycles. The summed E-state index contributed by atoms with van der Waals surface area (Å²) in [5, 5.41) is 3.51. The van der Waals surface area contributed by atoms with Crippen molar-refractivity contribution in [2.75, 3.05) is 11.9 Å². The van der Waals surface area contributed by atoms with Crippen LogP contribution in [0.4, 0.5) is 14.5 Å². The fourth-order valence-electron chi connectivity index (χ4n) is 3.26. The number of halogens is 2. The minimum Gasteiger partial charge on any atom is -0.493 e. The Balaban J connectivity index is 2.00. The van der Waals surface area contributed by atoms with Gasteiger partial charge in [-0.05, 0) is 64.0 Å². The summed E-state index contributed by atoms with van der Waals surface area (Å²) in [6.45, 7) is 9.98. The second-order valence-electron chi connectivity index (χ2n) is 6.92. The summed E-state index contributed by atoms with van der Waals surface area (Å²) in [7, 11) is 0. The van der Waals surface area contributed by atoms with Crippen molar-refractivity contribution in [3.8, 4) is 5.75 Å². The van der Waals surface area contributed by atoms with Crippen LogP contribution in [0.25, 0.3) is 16.5 Å². The van der Waals surface area contributed by atoms with E-state index in [1.807, 2.05) is 33.8 Å². The number of ether oxygens (including phenoxy) is 1. The third-order valence-corrected chi connectivity index (χ3v) is 4.89. The Morgan fingerprint density at radius 2 is 1.86 bits per heavy atom. The minimum absolute atomic E-state index is 0.177. The second kappa shape index (κ2) is 8.07. The van der Waals surface area contributed by atoms with E-state index in [1.54, 1.807) is 6.92 Å². The number of rotatable bonds is 5. The summed E-state index contributed by atoms with van der Waals surface area (Å²) >= 11 is 0. The van der Waals surface area contributed by atoms with Crippen molar-refractivity contribution in [3.63, 3.8) is 0 Å². The molecule has 0 aliphatic carbocycles. The molecule has 0 atom stereocenters. The number of hydrogen-bond donors (Lipinski definition) is 1. The number of nitrogens with one attached hydrogen (secondary N) is 1. The first-order valence-electron chi connectivity index (χ1n) is 9.33. The molecule has 0 unspecified atom stereocenters. The highest BCUT2D eigenvalue weighted by atomic mass is 19.2. The van der Waals surface area contributed by atoms with Crippen LogP contribution in [0.3, 0.4) is 0 Å². The zero-order valence-corrected chi connectivity index (χ0v) is 17.1. The zero-order chi connectivity index (χ0) is 21.3. The topological polar surface area (TPSA) is 51.5 Å². The van der Waals surface area contributed by atoms with Crippen molar-refractivity contribution in [2.24, 2.45) is 0 Å². The van der Waals surface area contributed by atoms with Crippen molar-refractivity contribution in [1.29, 1.82) is 0 Å². The van der Waals surface area contributed by atoms with Gasteiger partial charge in [-0.1, -0.05) is 0 Å². The maximum absolute atomic E-state index is 13.4. The highest BCUT2D eigenvalue weighted by Gasteiger charge is 2.19. The van der Waals surface area contributed by atoms with Crippen LogP contribution in [0.2, 0.25) is 0 Å². The molecule has 0 bridgehead atoms. The van der Waals surface area contributed by atoms with Crippen LogP contribution in [0.15, 0.2) is 34.8 Å². The fraction of sp³-hybridized carbons (Fsp3) is 0.261. The number of anilines is 1. The van der Waals surface area contributed by atoms with Crippen LogP contribution < -0.4 is 10.1 Å². The highest BCUT2D eigenvalue weighted by Crippen LogP contribution is 2.38. The standard InChI is InChI=1S/C23H23F2NO3/c1-6-28-22-14(4)23-18(13(3)15(5)29-23)11-17(22)12(2)9-21(27)26-16-7-8-19(24)20(25)10-16/h7-11H,6H2,1-5H3,(H,26,27)/b12-9+. The lowest BCUT2D eigenvalue weighted by Gasteiger charge is -2.14. The monoisotopic (exact) mass is 399 g/mol. The maximum atomic E-state index is 13.4. The molecule has 1 N–H and O–H groups in total. The molecule has 0 fully saturated rings. The van der Waals surface area contributed by atoms with Gasteiger partial charge in [-0.25, -0.2) is 8.78 Å². The van der Waals surface area contributed by atoms with Crippen molar-refractivity contribution in [3.05, 3.63) is 64.4 Å². The van der Waals surface area contributed by atoms with Gasteiger partial charge in [-0.3, -0.25) is 4.79 Å². The number of carbonyl (C=O) groups is 1. The molecule has 0 aliphatic heterocycles. The van der Waals surface area contributed by atoms with Crippen LogP contribution in [-0.2, 0) is 4.79 Å². The lowest BCUT2D eigenvalue weighted by Crippen LogP contribution is -2.09. The quantitative estimate of drug-likeness (QED) is 0.529. The average Bonchev–Trinajstić information content (AvgIpc) is 2.95. The lowest BCUT2D eigenvalue weighted by molar-refractivity contribution is -0.111. The third-order valence-electron chi connectivity index (χ3n) is 4.89. The Labute approximate surface area is 168 Å². The first kappa shape index (κ1) is 20.6. The predicted octanol–water partition coefficient (Wildman–Crippen LogP) is 6.08. The van der Waals surface area contributed by atoms with Gasteiger partial charge in [0.05, 0.1) is 6.61 Å². The molecule has 29 heavy (non-hydrogen) atoms. The van der Waals surface area contributed by atoms with Crippen molar-refractivity contribution in [2.45, 2.75) is 34.6 Å². The van der Waals surface area contributed by atoms with E-state index in [4.69, 9.17) is 9.15 Å². The van der Waals surface area contributed by atoms with Crippen LogP contribution in [0.1, 0.15) is 36.3 Å². The van der Waals surface area contributed by atoms with Crippen LogP contribution >= 0.6 is 0 Å². The van der Waals surface area contributed by atoms with Crippen LogP contribution in [0, 0.1) is 32.4 Å². The highest BCUT2D eigenvalue weighted by molar-refractivity contribution is 6.05. The van der Waals surface area contributed by atoms with E-state index in [-0.39, 0.29) is 5.69 Å². The molecular weight excluding hydrogens is 376 g/mol. The number of amides is 1. The van der Waals surface area contributed by atoms with E-state index >= 15 is 0 Å². The molecule has 4 nitrogen and oxygen atoms in total. The van der Waals surface area contributed by atoms with Gasteiger partial charge >= 0.3 is 0 Å². The number of furan rings is 1. The summed E-state index contributed by atoms with van der Waals surface area (Å²) in [6.07, 6.45) is 1.41. The smallest absolute Gasteiger partial charge is 0.248 e. The number of allylic oxidation sites excluding steroid dienone is 1. The van der Waals surface area contributed by atoms with Crippen molar-refractivity contribution < 1.29 is 22.7 Å². The minimum atomic E-state index is -1.02. The molecule has 1 amide bonds. The Hall–Kier alpha value is -3.15. The van der Waals surface area contributed by atoms with Gasteiger partial charge in [0.15, 0.2) is 11.6 Å². The van der Waals surface area contributed by atoms with Gasteiger partial charge in [0.25, 0.3) is 0 Å². The van der Waals surface area contributed by atoms with Gasteiger partial charge in [-0.2, -0.15) is 0 Å². The Morgan fingerprint density at radius 3 is 2.52 bits per heavy atom. The number of benzene rings is 2. The van der Waals surface area contributed by atoms with E-state index in [1.165, 1.54) is 12.1 Å². The molecule has 0 spiro atoms. The molecule has 0 saturated heterocycles. The predicted molar refractivity (Wildman–Crippen MR) is 110 cm³/mol. The number of aryl methyl sites for hydroxylation is 3. The van der Waals surface area contributed by atoms with Gasteiger partial charge in [0.2, 0.25) is 5.91 Å². The molecule has 0 saturated carbocycles. The van der Waals surface area contributed by atoms with Crippen LogP contribution in [-0.4, -0.2) is 12.5 Å². The zero-order valence-electron chi connectivity index (χ0n) is 17.1. The van der Waals surface area contributed by atoms with E-state index in [9.17, 15) is 13.6 Å². The summed E-state index contributed by atoms with van der Waals surface area (Å²) in [6, 6.07) is 5.17. The molecule has 2 aromatic carbocycles. The first-order chi connectivity index (χ1) is 13.7. The summed E-state index contributed by atoms with van der Waals surface area (Å²) in [5.74, 6) is -0.947. The molecule has 6 heteroatoms. The maximum Gasteiger partial charge on any atom is 0.248 e. The van der Waals surface area contributed by atoms with Gasteiger partial charge in [-0.15, -0.1) is 0 Å². The SMILES string of the molecule is CCOc1c(/C(C)=C/C(=O)Nc2ccc(F)c(F)c2)cc2c(C)c(C)oc2c1C. The van der Waals surface area contributed by atoms with Crippen molar-refractivity contribution >= 4 is 28.1 Å². The van der Waals surface area contributed by atoms with Gasteiger partial charge < -0.3 is 14.5 Å². The molecular formula is C23H23F2NO3. The summed E-state index contributed by atoms with van der Waals surface area (Å²) < 4.78 is 38.2. The van der Waals surface area contributed by atoms with E-state index in [0.717, 1.165) is 45.6 Å². The normalized spacial score (nSPS) is 11.8. The van der Waals surface area contributed by atoms with E-state index in [0.29, 0.717) is 17.9 Å². The largest absolute Gasteiger partial charge is 0.493 e. The van der Waals surface area contributed by atoms with E-state index in [2.05, 4.69) is 5.32 Å². The molecule has 1 heterocycles. The fourth-order valence-corrected chi connectivity index (χ4v) is 3.26. The molecule has 0 radical (unpaired) electrons. The molecule has 3 rings (SSSR count). The lowest BCUT2D eigenvalue weighted by atomic mass is 9.98. The number of carbonyl (C=O) groups excluding carboxylic acids is 1. The third kappa shape index (κ3) is 4.01. The van der Waals surface area contributed by atoms with Gasteiger partial charge in [0, 0.05) is 34.3 Å². The molecule has 152 valence electrons. The van der Waals surface area contributed by atoms with Gasteiger partial charge in [0.1, 0.15) is 17.1 Å². The average molecular weight is 399 g/mol. The summed E-state index contributed by atoms with van der Waals surface area (Å²) in [4.78, 5) is 12.4. The molecule has 3 aromatic rings. The number of fused-ring (bicyclic) bond motifs is 1. The molecule has 0 aliphatic rings. The Morgan fingerprint density at radius 1 is 1.14 bits per heavy atom. The first-order valence-corrected chi connectivity index (χ1v) is 9.33. The van der Waals surface area contributed by atoms with E-state index < -0.39 is 17.5 Å². The Kier molecular flexibility index (Phi) is 5.73. The summed E-state index contributed by atoms with van der Waals surface area (Å²) in [5.41, 5.74) is 4.30. The van der Waals surface area contributed by atoms with Crippen molar-refractivity contribution in [1.82, 2.24) is 0 Å². The number of hydrogen-bond acceptors (Lipinski definition) is 3.